The van der Waals surface area contributed by atoms with E-state index in [0.717, 1.165) is 30.2 Å². The second kappa shape index (κ2) is 5.04. The van der Waals surface area contributed by atoms with Crippen molar-refractivity contribution in [3.63, 3.8) is 0 Å². The van der Waals surface area contributed by atoms with E-state index in [9.17, 15) is 0 Å². The zero-order valence-electron chi connectivity index (χ0n) is 9.67. The summed E-state index contributed by atoms with van der Waals surface area (Å²) in [5.41, 5.74) is 0. The summed E-state index contributed by atoms with van der Waals surface area (Å²) in [5.74, 6) is 0.456. The van der Waals surface area contributed by atoms with Crippen molar-refractivity contribution in [1.29, 1.82) is 0 Å². The van der Waals surface area contributed by atoms with Gasteiger partial charge in [0.05, 0.1) is 11.5 Å². The number of hydrogen-bond donors (Lipinski definition) is 0. The lowest BCUT2D eigenvalue weighted by Crippen LogP contribution is -2.17. The molecule has 3 rings (SSSR count). The zero-order chi connectivity index (χ0) is 12.4. The van der Waals surface area contributed by atoms with Crippen molar-refractivity contribution in [2.75, 3.05) is 13.2 Å². The highest BCUT2D eigenvalue weighted by molar-refractivity contribution is 6.34. The molecule has 0 saturated carbocycles. The Labute approximate surface area is 109 Å². The molecule has 6 heteroatoms. The Morgan fingerprint density at radius 1 is 1.39 bits per heavy atom. The van der Waals surface area contributed by atoms with Gasteiger partial charge in [-0.2, -0.15) is 0 Å². The molecule has 1 atom stereocenters. The smallest absolute Gasteiger partial charge is 0.243 e. The number of nitrogens with zero attached hydrogens (tertiary/aromatic N) is 3. The number of ether oxygens (including phenoxy) is 2. The van der Waals surface area contributed by atoms with Crippen LogP contribution in [0.3, 0.4) is 0 Å². The van der Waals surface area contributed by atoms with Crippen molar-refractivity contribution in [2.45, 2.75) is 18.9 Å². The van der Waals surface area contributed by atoms with Crippen molar-refractivity contribution in [3.05, 3.63) is 23.6 Å². The molecular formula is C12H12ClN3O2. The Morgan fingerprint density at radius 3 is 3.17 bits per heavy atom. The maximum Gasteiger partial charge on any atom is 0.243 e. The average Bonchev–Trinajstić information content (AvgIpc) is 2.92. The molecule has 0 N–H and O–H groups in total. The van der Waals surface area contributed by atoms with Gasteiger partial charge in [-0.15, -0.1) is 10.2 Å². The maximum absolute atomic E-state index is 5.97. The van der Waals surface area contributed by atoms with E-state index in [1.54, 1.807) is 18.5 Å². The van der Waals surface area contributed by atoms with Gasteiger partial charge in [0.15, 0.2) is 5.15 Å². The van der Waals surface area contributed by atoms with Gasteiger partial charge >= 0.3 is 0 Å². The summed E-state index contributed by atoms with van der Waals surface area (Å²) in [5, 5.41) is 9.77. The topological polar surface area (TPSA) is 57.1 Å². The Bertz CT molecular complexity index is 558. The molecule has 0 bridgehead atoms. The third-order valence-electron chi connectivity index (χ3n) is 2.93. The largest absolute Gasteiger partial charge is 0.473 e. The van der Waals surface area contributed by atoms with E-state index >= 15 is 0 Å². The Morgan fingerprint density at radius 2 is 2.33 bits per heavy atom. The summed E-state index contributed by atoms with van der Waals surface area (Å²) in [6.45, 7) is 1.29. The fourth-order valence-corrected chi connectivity index (χ4v) is 2.20. The third kappa shape index (κ3) is 2.23. The van der Waals surface area contributed by atoms with Crippen LogP contribution in [0.5, 0.6) is 5.88 Å². The highest BCUT2D eigenvalue weighted by Crippen LogP contribution is 2.26. The van der Waals surface area contributed by atoms with E-state index in [2.05, 4.69) is 15.2 Å². The van der Waals surface area contributed by atoms with Crippen LogP contribution in [0.4, 0.5) is 0 Å². The molecule has 2 aromatic rings. The molecule has 0 spiro atoms. The number of aromatic nitrogens is 3. The fourth-order valence-electron chi connectivity index (χ4n) is 2.00. The van der Waals surface area contributed by atoms with Gasteiger partial charge in [-0.25, -0.2) is 0 Å². The maximum atomic E-state index is 5.97. The van der Waals surface area contributed by atoms with Crippen LogP contribution < -0.4 is 4.74 Å². The summed E-state index contributed by atoms with van der Waals surface area (Å²) in [6, 6.07) is 1.80. The molecule has 1 saturated heterocycles. The van der Waals surface area contributed by atoms with Crippen LogP contribution in [0.2, 0.25) is 5.15 Å². The van der Waals surface area contributed by atoms with Gasteiger partial charge in [0.2, 0.25) is 5.88 Å². The molecule has 0 aromatic carbocycles. The first-order valence-corrected chi connectivity index (χ1v) is 6.22. The molecule has 2 aromatic heterocycles. The normalized spacial score (nSPS) is 19.3. The van der Waals surface area contributed by atoms with E-state index < -0.39 is 0 Å². The van der Waals surface area contributed by atoms with Gasteiger partial charge in [-0.05, 0) is 18.9 Å². The molecule has 0 aliphatic carbocycles. The SMILES string of the molecule is Clc1nnc(OC[C@H]2CCCO2)c2cnccc12. The van der Waals surface area contributed by atoms with E-state index in [1.165, 1.54) is 0 Å². The van der Waals surface area contributed by atoms with Crippen LogP contribution in [-0.2, 0) is 4.74 Å². The number of rotatable bonds is 3. The molecule has 0 radical (unpaired) electrons. The quantitative estimate of drug-likeness (QED) is 0.852. The molecule has 94 valence electrons. The minimum absolute atomic E-state index is 0.147. The molecule has 1 aliphatic rings. The Kier molecular flexibility index (Phi) is 3.25. The lowest BCUT2D eigenvalue weighted by Gasteiger charge is -2.11. The lowest BCUT2D eigenvalue weighted by molar-refractivity contribution is 0.0666. The summed E-state index contributed by atoms with van der Waals surface area (Å²) in [7, 11) is 0. The monoisotopic (exact) mass is 265 g/mol. The van der Waals surface area contributed by atoms with Gasteiger partial charge in [0, 0.05) is 24.4 Å². The van der Waals surface area contributed by atoms with Crippen LogP contribution in [-0.4, -0.2) is 34.5 Å². The van der Waals surface area contributed by atoms with E-state index in [4.69, 9.17) is 21.1 Å². The predicted octanol–water partition coefficient (Wildman–Crippen LogP) is 2.24. The molecular weight excluding hydrogens is 254 g/mol. The fraction of sp³-hybridized carbons (Fsp3) is 0.417. The van der Waals surface area contributed by atoms with Gasteiger partial charge in [0.1, 0.15) is 6.61 Å². The van der Waals surface area contributed by atoms with Crippen LogP contribution in [0.25, 0.3) is 10.8 Å². The number of pyridine rings is 1. The van der Waals surface area contributed by atoms with Crippen LogP contribution in [0.1, 0.15) is 12.8 Å². The summed E-state index contributed by atoms with van der Waals surface area (Å²) < 4.78 is 11.2. The Hall–Kier alpha value is -1.46. The summed E-state index contributed by atoms with van der Waals surface area (Å²) >= 11 is 5.97. The highest BCUT2D eigenvalue weighted by atomic mass is 35.5. The summed E-state index contributed by atoms with van der Waals surface area (Å²) in [6.07, 6.45) is 5.61. The van der Waals surface area contributed by atoms with Gasteiger partial charge in [0.25, 0.3) is 0 Å². The molecule has 1 aliphatic heterocycles. The molecule has 5 nitrogen and oxygen atoms in total. The standard InChI is InChI=1S/C12H12ClN3O2/c13-11-9-3-4-14-6-10(9)12(16-15-11)18-7-8-2-1-5-17-8/h3-4,6,8H,1-2,5,7H2/t8-/m1/s1. The predicted molar refractivity (Wildman–Crippen MR) is 66.8 cm³/mol. The molecule has 0 unspecified atom stereocenters. The van der Waals surface area contributed by atoms with Gasteiger partial charge in [-0.1, -0.05) is 11.6 Å². The summed E-state index contributed by atoms with van der Waals surface area (Å²) in [4.78, 5) is 4.06. The molecule has 3 heterocycles. The van der Waals surface area contributed by atoms with Gasteiger partial charge in [-0.3, -0.25) is 4.98 Å². The minimum Gasteiger partial charge on any atom is -0.473 e. The van der Waals surface area contributed by atoms with Crippen molar-refractivity contribution in [1.82, 2.24) is 15.2 Å². The highest BCUT2D eigenvalue weighted by Gasteiger charge is 2.17. The van der Waals surface area contributed by atoms with Crippen LogP contribution in [0, 0.1) is 0 Å². The minimum atomic E-state index is 0.147. The lowest BCUT2D eigenvalue weighted by atomic mass is 10.2. The first-order chi connectivity index (χ1) is 8.84. The second-order valence-corrected chi connectivity index (χ2v) is 4.52. The van der Waals surface area contributed by atoms with Crippen molar-refractivity contribution >= 4 is 22.4 Å². The van der Waals surface area contributed by atoms with Crippen molar-refractivity contribution < 1.29 is 9.47 Å². The van der Waals surface area contributed by atoms with Gasteiger partial charge < -0.3 is 9.47 Å². The first-order valence-electron chi connectivity index (χ1n) is 5.85. The van der Waals surface area contributed by atoms with E-state index in [0.29, 0.717) is 17.6 Å². The van der Waals surface area contributed by atoms with Crippen molar-refractivity contribution in [2.24, 2.45) is 0 Å². The van der Waals surface area contributed by atoms with E-state index in [-0.39, 0.29) is 6.10 Å². The zero-order valence-corrected chi connectivity index (χ0v) is 10.4. The van der Waals surface area contributed by atoms with Crippen molar-refractivity contribution in [3.8, 4) is 5.88 Å². The molecule has 1 fully saturated rings. The van der Waals surface area contributed by atoms with Crippen LogP contribution >= 0.6 is 11.6 Å². The number of fused-ring (bicyclic) bond motifs is 1. The first kappa shape index (κ1) is 11.6. The third-order valence-corrected chi connectivity index (χ3v) is 3.21. The molecule has 18 heavy (non-hydrogen) atoms. The number of hydrogen-bond acceptors (Lipinski definition) is 5. The molecule has 0 amide bonds. The Balaban J connectivity index is 1.85. The average molecular weight is 266 g/mol. The van der Waals surface area contributed by atoms with E-state index in [1.807, 2.05) is 0 Å². The number of halogens is 1. The van der Waals surface area contributed by atoms with Crippen LogP contribution in [0.15, 0.2) is 18.5 Å². The second-order valence-electron chi connectivity index (χ2n) is 4.16.